The third-order valence-electron chi connectivity index (χ3n) is 5.30. The van der Waals surface area contributed by atoms with Crippen LogP contribution < -0.4 is 14.5 Å². The Morgan fingerprint density at radius 3 is 2.61 bits per heavy atom. The van der Waals surface area contributed by atoms with E-state index in [-0.39, 0.29) is 0 Å². The van der Waals surface area contributed by atoms with Gasteiger partial charge in [-0.15, -0.1) is 0 Å². The smallest absolute Gasteiger partial charge is 0.127 e. The largest absolute Gasteiger partial charge is 0.496 e. The summed E-state index contributed by atoms with van der Waals surface area (Å²) in [4.78, 5) is 3.50. The van der Waals surface area contributed by atoms with Crippen LogP contribution in [0.25, 0.3) is 0 Å². The fourth-order valence-corrected chi connectivity index (χ4v) is 4.35. The molecule has 0 radical (unpaired) electrons. The van der Waals surface area contributed by atoms with E-state index in [0.717, 1.165) is 22.7 Å². The molecule has 0 aromatic heterocycles. The van der Waals surface area contributed by atoms with Crippen LogP contribution in [0.15, 0.2) is 34.8 Å². The molecule has 126 valence electrons. The number of methoxy groups -OCH3 is 1. The standard InChI is InChI=1S/C19H27BrN2O/c1-23-19-8-7-18(20)13-17(19)15-22-11-9-21(10-12-22)14-16-5-3-2-4-6-16/h2-3,7-8,13,16H,4-6,9-12,14-15H2,1H3/p+2/t16-/m1/s1. The molecular weight excluding hydrogens is 352 g/mol. The monoisotopic (exact) mass is 380 g/mol. The zero-order valence-electron chi connectivity index (χ0n) is 14.1. The fraction of sp³-hybridized carbons (Fsp3) is 0.579. The summed E-state index contributed by atoms with van der Waals surface area (Å²) in [5, 5.41) is 0. The minimum atomic E-state index is 0.918. The maximum absolute atomic E-state index is 5.52. The topological polar surface area (TPSA) is 18.1 Å². The highest BCUT2D eigenvalue weighted by molar-refractivity contribution is 9.10. The first-order valence-electron chi connectivity index (χ1n) is 8.89. The molecule has 3 nitrogen and oxygen atoms in total. The molecule has 0 saturated carbocycles. The number of hydrogen-bond donors (Lipinski definition) is 2. The van der Waals surface area contributed by atoms with Gasteiger partial charge in [-0.25, -0.2) is 0 Å². The quantitative estimate of drug-likeness (QED) is 0.731. The number of piperazine rings is 1. The van der Waals surface area contributed by atoms with Crippen molar-refractivity contribution in [1.29, 1.82) is 0 Å². The first-order chi connectivity index (χ1) is 11.2. The van der Waals surface area contributed by atoms with E-state index >= 15 is 0 Å². The molecule has 0 amide bonds. The van der Waals surface area contributed by atoms with Gasteiger partial charge in [-0.05, 0) is 37.5 Å². The van der Waals surface area contributed by atoms with Crippen molar-refractivity contribution in [2.45, 2.75) is 25.8 Å². The molecular formula is C19H29BrN2O+2. The summed E-state index contributed by atoms with van der Waals surface area (Å²) in [7, 11) is 1.77. The highest BCUT2D eigenvalue weighted by atomic mass is 79.9. The lowest BCUT2D eigenvalue weighted by atomic mass is 9.94. The Balaban J connectivity index is 1.49. The maximum atomic E-state index is 5.52. The van der Waals surface area contributed by atoms with Gasteiger partial charge >= 0.3 is 0 Å². The van der Waals surface area contributed by atoms with Crippen molar-refractivity contribution in [3.05, 3.63) is 40.4 Å². The van der Waals surface area contributed by atoms with Crippen molar-refractivity contribution in [1.82, 2.24) is 0 Å². The fourth-order valence-electron chi connectivity index (χ4n) is 3.94. The van der Waals surface area contributed by atoms with Crippen LogP contribution in [0.1, 0.15) is 24.8 Å². The molecule has 2 N–H and O–H groups in total. The van der Waals surface area contributed by atoms with Gasteiger partial charge in [0, 0.05) is 16.0 Å². The summed E-state index contributed by atoms with van der Waals surface area (Å²) < 4.78 is 6.66. The maximum Gasteiger partial charge on any atom is 0.127 e. The van der Waals surface area contributed by atoms with Gasteiger partial charge in [-0.3, -0.25) is 0 Å². The van der Waals surface area contributed by atoms with Crippen LogP contribution in [0, 0.1) is 5.92 Å². The van der Waals surface area contributed by atoms with Crippen molar-refractivity contribution in [2.24, 2.45) is 5.92 Å². The molecule has 1 fully saturated rings. The van der Waals surface area contributed by atoms with Gasteiger partial charge in [0.1, 0.15) is 38.5 Å². The van der Waals surface area contributed by atoms with E-state index in [1.54, 1.807) is 12.0 Å². The molecule has 0 unspecified atom stereocenters. The summed E-state index contributed by atoms with van der Waals surface area (Å²) >= 11 is 3.58. The Kier molecular flexibility index (Phi) is 6.15. The van der Waals surface area contributed by atoms with Crippen molar-refractivity contribution >= 4 is 15.9 Å². The van der Waals surface area contributed by atoms with Gasteiger partial charge in [-0.1, -0.05) is 28.1 Å². The number of hydrogen-bond acceptors (Lipinski definition) is 1. The van der Waals surface area contributed by atoms with Crippen LogP contribution >= 0.6 is 15.9 Å². The lowest BCUT2D eigenvalue weighted by Gasteiger charge is -2.32. The van der Waals surface area contributed by atoms with Gasteiger partial charge in [0.25, 0.3) is 0 Å². The highest BCUT2D eigenvalue weighted by Gasteiger charge is 2.26. The van der Waals surface area contributed by atoms with Crippen LogP contribution in [0.3, 0.4) is 0 Å². The molecule has 4 heteroatoms. The predicted molar refractivity (Wildman–Crippen MR) is 97.1 cm³/mol. The number of ether oxygens (including phenoxy) is 1. The SMILES string of the molecule is COc1ccc(Br)cc1C[NH+]1CC[NH+](C[C@@H]2CC=CCC2)CC1. The average Bonchev–Trinajstić information content (AvgIpc) is 2.58. The second-order valence-electron chi connectivity index (χ2n) is 6.99. The van der Waals surface area contributed by atoms with E-state index < -0.39 is 0 Å². The lowest BCUT2D eigenvalue weighted by Crippen LogP contribution is -3.27. The van der Waals surface area contributed by atoms with Crippen molar-refractivity contribution in [3.8, 4) is 5.75 Å². The highest BCUT2D eigenvalue weighted by Crippen LogP contribution is 2.22. The first kappa shape index (κ1) is 17.0. The zero-order chi connectivity index (χ0) is 16.1. The first-order valence-corrected chi connectivity index (χ1v) is 9.68. The minimum absolute atomic E-state index is 0.918. The molecule has 1 aromatic rings. The van der Waals surface area contributed by atoms with Gasteiger partial charge in [0.2, 0.25) is 0 Å². The Labute approximate surface area is 148 Å². The Bertz CT molecular complexity index is 538. The van der Waals surface area contributed by atoms with Crippen molar-refractivity contribution in [2.75, 3.05) is 39.8 Å². The van der Waals surface area contributed by atoms with Crippen LogP contribution in [-0.4, -0.2) is 39.8 Å². The Morgan fingerprint density at radius 1 is 1.13 bits per heavy atom. The summed E-state index contributed by atoms with van der Waals surface area (Å²) in [6.07, 6.45) is 8.72. The van der Waals surface area contributed by atoms with E-state index in [0.29, 0.717) is 0 Å². The van der Waals surface area contributed by atoms with Crippen LogP contribution in [0.5, 0.6) is 5.75 Å². The minimum Gasteiger partial charge on any atom is -0.496 e. The molecule has 1 aliphatic heterocycles. The average molecular weight is 381 g/mol. The van der Waals surface area contributed by atoms with Gasteiger partial charge in [0.15, 0.2) is 0 Å². The molecule has 1 aromatic carbocycles. The van der Waals surface area contributed by atoms with E-state index in [4.69, 9.17) is 4.74 Å². The Morgan fingerprint density at radius 2 is 1.91 bits per heavy atom. The van der Waals surface area contributed by atoms with Crippen LogP contribution in [0.4, 0.5) is 0 Å². The van der Waals surface area contributed by atoms with E-state index in [1.165, 1.54) is 57.5 Å². The molecule has 1 heterocycles. The number of halogens is 1. The van der Waals surface area contributed by atoms with Crippen LogP contribution in [0.2, 0.25) is 0 Å². The zero-order valence-corrected chi connectivity index (χ0v) is 15.7. The molecule has 2 aliphatic rings. The molecule has 23 heavy (non-hydrogen) atoms. The number of rotatable bonds is 5. The lowest BCUT2D eigenvalue weighted by molar-refractivity contribution is -1.02. The predicted octanol–water partition coefficient (Wildman–Crippen LogP) is 1.10. The molecule has 0 spiro atoms. The summed E-state index contributed by atoms with van der Waals surface area (Å²) in [5.41, 5.74) is 1.32. The van der Waals surface area contributed by atoms with E-state index in [1.807, 2.05) is 4.90 Å². The third-order valence-corrected chi connectivity index (χ3v) is 5.80. The number of quaternary nitrogens is 2. The Hall–Kier alpha value is -0.840. The summed E-state index contributed by atoms with van der Waals surface area (Å²) in [6, 6.07) is 6.33. The van der Waals surface area contributed by atoms with Gasteiger partial charge in [0.05, 0.1) is 13.7 Å². The molecule has 0 bridgehead atoms. The second-order valence-corrected chi connectivity index (χ2v) is 7.90. The third kappa shape index (κ3) is 4.82. The van der Waals surface area contributed by atoms with Gasteiger partial charge < -0.3 is 14.5 Å². The number of benzene rings is 1. The summed E-state index contributed by atoms with van der Waals surface area (Å²) in [5.74, 6) is 1.94. The molecule has 1 aliphatic carbocycles. The van der Waals surface area contributed by atoms with E-state index in [2.05, 4.69) is 46.3 Å². The van der Waals surface area contributed by atoms with Crippen LogP contribution in [-0.2, 0) is 6.54 Å². The molecule has 3 rings (SSSR count). The van der Waals surface area contributed by atoms with Gasteiger partial charge in [-0.2, -0.15) is 0 Å². The second kappa shape index (κ2) is 8.32. The van der Waals surface area contributed by atoms with E-state index in [9.17, 15) is 0 Å². The number of nitrogens with one attached hydrogen (secondary N) is 2. The molecule has 1 atom stereocenters. The summed E-state index contributed by atoms with van der Waals surface area (Å²) in [6.45, 7) is 7.61. The van der Waals surface area contributed by atoms with Crippen molar-refractivity contribution in [3.63, 3.8) is 0 Å². The molecule has 1 saturated heterocycles. The van der Waals surface area contributed by atoms with Crippen molar-refractivity contribution < 1.29 is 14.5 Å². The number of allylic oxidation sites excluding steroid dienone is 2. The normalized spacial score (nSPS) is 27.8.